The van der Waals surface area contributed by atoms with E-state index in [-0.39, 0.29) is 0 Å². The van der Waals surface area contributed by atoms with Crippen LogP contribution in [0.1, 0.15) is 13.3 Å². The summed E-state index contributed by atoms with van der Waals surface area (Å²) in [5.74, 6) is 0. The molecule has 0 amide bonds. The van der Waals surface area contributed by atoms with Crippen LogP contribution in [0, 0.1) is 0 Å². The Morgan fingerprint density at radius 3 is 2.40 bits per heavy atom. The lowest BCUT2D eigenvalue weighted by Gasteiger charge is -2.06. The zero-order chi connectivity index (χ0) is 8.20. The van der Waals surface area contributed by atoms with Gasteiger partial charge in [-0.15, -0.1) is 0 Å². The van der Waals surface area contributed by atoms with Crippen molar-refractivity contribution in [2.45, 2.75) is 25.6 Å². The highest BCUT2D eigenvalue weighted by Crippen LogP contribution is 2.22. The van der Waals surface area contributed by atoms with E-state index in [1.165, 1.54) is 6.92 Å². The Labute approximate surface area is 55.8 Å². The third-order valence-electron chi connectivity index (χ3n) is 0.800. The van der Waals surface area contributed by atoms with Gasteiger partial charge in [-0.3, -0.25) is 0 Å². The first-order valence-electron chi connectivity index (χ1n) is 2.59. The van der Waals surface area contributed by atoms with Crippen molar-refractivity contribution >= 4 is 6.08 Å². The molecule has 0 saturated carbocycles. The highest BCUT2D eigenvalue weighted by atomic mass is 19.4. The molecule has 0 N–H and O–H groups in total. The molecule has 0 bridgehead atoms. The molecule has 0 aromatic carbocycles. The number of rotatable bonds is 2. The van der Waals surface area contributed by atoms with Crippen LogP contribution in [0.5, 0.6) is 0 Å². The minimum absolute atomic E-state index is 1.02. The Kier molecular flexibility index (Phi) is 3.09. The lowest BCUT2D eigenvalue weighted by atomic mass is 10.2. The summed E-state index contributed by atoms with van der Waals surface area (Å²) in [6.45, 7) is 1.21. The molecule has 0 aliphatic rings. The summed E-state index contributed by atoms with van der Waals surface area (Å²) in [5.41, 5.74) is 0. The van der Waals surface area contributed by atoms with E-state index in [4.69, 9.17) is 0 Å². The van der Waals surface area contributed by atoms with Crippen molar-refractivity contribution in [3.8, 4) is 0 Å². The molecule has 0 aliphatic carbocycles. The summed E-state index contributed by atoms with van der Waals surface area (Å²) >= 11 is 0. The molecular weight excluding hydrogens is 147 g/mol. The molecule has 0 spiro atoms. The molecule has 0 heterocycles. The van der Waals surface area contributed by atoms with Crippen LogP contribution in [0.2, 0.25) is 0 Å². The van der Waals surface area contributed by atoms with Crippen LogP contribution in [-0.2, 0) is 4.79 Å². The van der Waals surface area contributed by atoms with Gasteiger partial charge in [-0.05, 0) is 6.92 Å². The second kappa shape index (κ2) is 3.37. The maximum Gasteiger partial charge on any atom is 0.391 e. The van der Waals surface area contributed by atoms with E-state index in [9.17, 15) is 18.0 Å². The summed E-state index contributed by atoms with van der Waals surface area (Å²) < 4.78 is 34.3. The molecule has 0 radical (unpaired) electrons. The van der Waals surface area contributed by atoms with Crippen LogP contribution in [0.4, 0.5) is 13.2 Å². The number of aliphatic imine (C=N–C) groups is 1. The average Bonchev–Trinajstić information content (AvgIpc) is 1.59. The van der Waals surface area contributed by atoms with Gasteiger partial charge in [0.1, 0.15) is 0 Å². The van der Waals surface area contributed by atoms with Gasteiger partial charge in [0.2, 0.25) is 6.08 Å². The smallest absolute Gasteiger partial charge is 0.211 e. The highest BCUT2D eigenvalue weighted by Gasteiger charge is 2.29. The van der Waals surface area contributed by atoms with Crippen molar-refractivity contribution in [2.24, 2.45) is 4.99 Å². The molecule has 58 valence electrons. The van der Waals surface area contributed by atoms with E-state index in [1.54, 1.807) is 0 Å². The first kappa shape index (κ1) is 9.17. The van der Waals surface area contributed by atoms with Crippen LogP contribution < -0.4 is 0 Å². The molecule has 0 aromatic rings. The maximum absolute atomic E-state index is 11.4. The lowest BCUT2D eigenvalue weighted by molar-refractivity contribution is -0.137. The van der Waals surface area contributed by atoms with Crippen molar-refractivity contribution in [1.29, 1.82) is 0 Å². The topological polar surface area (TPSA) is 29.4 Å². The number of halogens is 3. The van der Waals surface area contributed by atoms with Crippen molar-refractivity contribution in [3.63, 3.8) is 0 Å². The molecular formula is C5H6F3NO. The zero-order valence-corrected chi connectivity index (χ0v) is 5.27. The number of isocyanates is 1. The molecule has 1 unspecified atom stereocenters. The van der Waals surface area contributed by atoms with Crippen molar-refractivity contribution in [2.75, 3.05) is 0 Å². The second-order valence-electron chi connectivity index (χ2n) is 1.89. The highest BCUT2D eigenvalue weighted by molar-refractivity contribution is 5.33. The zero-order valence-electron chi connectivity index (χ0n) is 5.27. The van der Waals surface area contributed by atoms with Crippen LogP contribution in [0.25, 0.3) is 0 Å². The number of nitrogens with zero attached hydrogens (tertiary/aromatic N) is 1. The van der Waals surface area contributed by atoms with Gasteiger partial charge in [0, 0.05) is 0 Å². The van der Waals surface area contributed by atoms with Gasteiger partial charge in [-0.1, -0.05) is 0 Å². The summed E-state index contributed by atoms with van der Waals surface area (Å²) in [6.07, 6.45) is -4.25. The van der Waals surface area contributed by atoms with E-state index in [2.05, 4.69) is 4.99 Å². The number of hydrogen-bond acceptors (Lipinski definition) is 2. The SMILES string of the molecule is CC(CC(F)(F)F)N=C=O. The molecule has 2 nitrogen and oxygen atoms in total. The van der Waals surface area contributed by atoms with Crippen LogP contribution in [-0.4, -0.2) is 18.3 Å². The van der Waals surface area contributed by atoms with Gasteiger partial charge in [-0.25, -0.2) is 9.79 Å². The van der Waals surface area contributed by atoms with Gasteiger partial charge >= 0.3 is 6.18 Å². The van der Waals surface area contributed by atoms with Crippen molar-refractivity contribution in [3.05, 3.63) is 0 Å². The van der Waals surface area contributed by atoms with Gasteiger partial charge in [0.25, 0.3) is 0 Å². The Morgan fingerprint density at radius 1 is 1.60 bits per heavy atom. The first-order chi connectivity index (χ1) is 4.45. The molecule has 10 heavy (non-hydrogen) atoms. The predicted octanol–water partition coefficient (Wildman–Crippen LogP) is 1.66. The van der Waals surface area contributed by atoms with Crippen molar-refractivity contribution in [1.82, 2.24) is 0 Å². The van der Waals surface area contributed by atoms with E-state index >= 15 is 0 Å². The molecule has 5 heteroatoms. The fourth-order valence-electron chi connectivity index (χ4n) is 0.471. The quantitative estimate of drug-likeness (QED) is 0.438. The number of hydrogen-bond donors (Lipinski definition) is 0. The fraction of sp³-hybridized carbons (Fsp3) is 0.800. The van der Waals surface area contributed by atoms with E-state index in [1.807, 2.05) is 0 Å². The molecule has 1 atom stereocenters. The minimum Gasteiger partial charge on any atom is -0.211 e. The first-order valence-corrected chi connectivity index (χ1v) is 2.59. The van der Waals surface area contributed by atoms with E-state index < -0.39 is 18.6 Å². The number of alkyl halides is 3. The summed E-state index contributed by atoms with van der Waals surface area (Å²) in [6, 6.07) is -1.02. The standard InChI is InChI=1S/C5H6F3NO/c1-4(9-3-10)2-5(6,7)8/h4H,2H2,1H3. The Bertz CT molecular complexity index is 147. The normalized spacial score (nSPS) is 14.0. The van der Waals surface area contributed by atoms with Gasteiger partial charge in [-0.2, -0.15) is 13.2 Å². The Balaban J connectivity index is 3.79. The summed E-state index contributed by atoms with van der Waals surface area (Å²) in [4.78, 5) is 12.3. The van der Waals surface area contributed by atoms with E-state index in [0.29, 0.717) is 0 Å². The van der Waals surface area contributed by atoms with Crippen LogP contribution in [0.3, 0.4) is 0 Å². The fourth-order valence-corrected chi connectivity index (χ4v) is 0.471. The molecule has 0 fully saturated rings. The van der Waals surface area contributed by atoms with Gasteiger partial charge in [0.05, 0.1) is 12.5 Å². The summed E-state index contributed by atoms with van der Waals surface area (Å²) in [5, 5.41) is 0. The van der Waals surface area contributed by atoms with Crippen LogP contribution in [0.15, 0.2) is 4.99 Å². The molecule has 0 rings (SSSR count). The largest absolute Gasteiger partial charge is 0.391 e. The third kappa shape index (κ3) is 5.31. The summed E-state index contributed by atoms with van der Waals surface area (Å²) in [7, 11) is 0. The molecule has 0 saturated heterocycles. The monoisotopic (exact) mass is 153 g/mol. The average molecular weight is 153 g/mol. The Hall–Kier alpha value is -0.830. The van der Waals surface area contributed by atoms with Crippen molar-refractivity contribution < 1.29 is 18.0 Å². The maximum atomic E-state index is 11.4. The third-order valence-corrected chi connectivity index (χ3v) is 0.800. The predicted molar refractivity (Wildman–Crippen MR) is 28.3 cm³/mol. The Morgan fingerprint density at radius 2 is 2.10 bits per heavy atom. The number of carbonyl (C=O) groups excluding carboxylic acids is 1. The minimum atomic E-state index is -4.25. The van der Waals surface area contributed by atoms with E-state index in [0.717, 1.165) is 6.08 Å². The molecule has 0 aliphatic heterocycles. The second-order valence-corrected chi connectivity index (χ2v) is 1.89. The van der Waals surface area contributed by atoms with Gasteiger partial charge in [0.15, 0.2) is 0 Å². The van der Waals surface area contributed by atoms with Crippen LogP contribution >= 0.6 is 0 Å². The van der Waals surface area contributed by atoms with Gasteiger partial charge < -0.3 is 0 Å². The molecule has 0 aromatic heterocycles. The lowest BCUT2D eigenvalue weighted by Crippen LogP contribution is -2.14.